The first-order valence-corrected chi connectivity index (χ1v) is 8.38. The summed E-state index contributed by atoms with van der Waals surface area (Å²) in [5.41, 5.74) is 3.13. The molecule has 0 atom stereocenters. The molecule has 0 aliphatic carbocycles. The zero-order valence-electron chi connectivity index (χ0n) is 14.1. The maximum Gasteiger partial charge on any atom is 0.254 e. The standard InChI is InChI=1S/C20H20N2O3/c1-2-18(23)17-5-3-4-16(12-17)14-6-8-15(9-7-14)20(25)22-11-10-21-19(24)13-22/h3-9,12H,2,10-11,13H2,1H3,(H,21,24). The summed E-state index contributed by atoms with van der Waals surface area (Å²) >= 11 is 0. The van der Waals surface area contributed by atoms with E-state index in [0.29, 0.717) is 30.6 Å². The van der Waals surface area contributed by atoms with Crippen LogP contribution in [0, 0.1) is 0 Å². The summed E-state index contributed by atoms with van der Waals surface area (Å²) in [5, 5.41) is 2.71. The van der Waals surface area contributed by atoms with Crippen molar-refractivity contribution in [1.29, 1.82) is 0 Å². The molecule has 0 bridgehead atoms. The van der Waals surface area contributed by atoms with Gasteiger partial charge in [0.15, 0.2) is 5.78 Å². The Kier molecular flexibility index (Phi) is 4.93. The molecule has 2 amide bonds. The summed E-state index contributed by atoms with van der Waals surface area (Å²) in [4.78, 5) is 37.3. The second-order valence-corrected chi connectivity index (χ2v) is 6.01. The summed E-state index contributed by atoms with van der Waals surface area (Å²) < 4.78 is 0. The Morgan fingerprint density at radius 3 is 2.48 bits per heavy atom. The third-order valence-electron chi connectivity index (χ3n) is 4.30. The van der Waals surface area contributed by atoms with E-state index < -0.39 is 0 Å². The fraction of sp³-hybridized carbons (Fsp3) is 0.250. The lowest BCUT2D eigenvalue weighted by Crippen LogP contribution is -2.49. The lowest BCUT2D eigenvalue weighted by molar-refractivity contribution is -0.123. The highest BCUT2D eigenvalue weighted by Crippen LogP contribution is 2.22. The zero-order valence-corrected chi connectivity index (χ0v) is 14.1. The number of carbonyl (C=O) groups is 3. The molecule has 1 fully saturated rings. The number of piperazine rings is 1. The van der Waals surface area contributed by atoms with Crippen LogP contribution in [0.4, 0.5) is 0 Å². The minimum atomic E-state index is -0.142. The molecule has 0 aromatic heterocycles. The molecule has 2 aromatic rings. The minimum absolute atomic E-state index is 0.0990. The second kappa shape index (κ2) is 7.30. The first-order valence-electron chi connectivity index (χ1n) is 8.38. The van der Waals surface area contributed by atoms with Crippen LogP contribution in [-0.2, 0) is 4.79 Å². The fourth-order valence-corrected chi connectivity index (χ4v) is 2.88. The fourth-order valence-electron chi connectivity index (χ4n) is 2.88. The second-order valence-electron chi connectivity index (χ2n) is 6.01. The molecule has 2 aromatic carbocycles. The minimum Gasteiger partial charge on any atom is -0.353 e. The van der Waals surface area contributed by atoms with Gasteiger partial charge in [-0.1, -0.05) is 37.3 Å². The van der Waals surface area contributed by atoms with E-state index in [1.165, 1.54) is 0 Å². The highest BCUT2D eigenvalue weighted by molar-refractivity contribution is 5.98. The Balaban J connectivity index is 1.79. The summed E-state index contributed by atoms with van der Waals surface area (Å²) in [5.74, 6) is -0.165. The monoisotopic (exact) mass is 336 g/mol. The molecule has 1 aliphatic heterocycles. The van der Waals surface area contributed by atoms with Gasteiger partial charge in [0.1, 0.15) is 0 Å². The van der Waals surface area contributed by atoms with Crippen molar-refractivity contribution in [3.05, 3.63) is 59.7 Å². The van der Waals surface area contributed by atoms with Gasteiger partial charge < -0.3 is 10.2 Å². The molecule has 5 nitrogen and oxygen atoms in total. The smallest absolute Gasteiger partial charge is 0.254 e. The molecular weight excluding hydrogens is 316 g/mol. The van der Waals surface area contributed by atoms with Crippen molar-refractivity contribution >= 4 is 17.6 Å². The van der Waals surface area contributed by atoms with E-state index in [9.17, 15) is 14.4 Å². The van der Waals surface area contributed by atoms with Crippen LogP contribution < -0.4 is 5.32 Å². The molecule has 128 valence electrons. The molecule has 3 rings (SSSR count). The number of nitrogens with one attached hydrogen (secondary N) is 1. The van der Waals surface area contributed by atoms with Crippen LogP contribution in [-0.4, -0.2) is 42.1 Å². The van der Waals surface area contributed by atoms with Crippen LogP contribution in [0.3, 0.4) is 0 Å². The largest absolute Gasteiger partial charge is 0.353 e. The first kappa shape index (κ1) is 16.9. The van der Waals surface area contributed by atoms with Crippen molar-refractivity contribution in [2.24, 2.45) is 0 Å². The van der Waals surface area contributed by atoms with E-state index in [0.717, 1.165) is 11.1 Å². The Labute approximate surface area is 146 Å². The van der Waals surface area contributed by atoms with Crippen molar-refractivity contribution < 1.29 is 14.4 Å². The van der Waals surface area contributed by atoms with Crippen LogP contribution >= 0.6 is 0 Å². The molecule has 1 heterocycles. The van der Waals surface area contributed by atoms with Gasteiger partial charge in [-0.05, 0) is 29.3 Å². The number of rotatable bonds is 4. The molecular formula is C20H20N2O3. The number of benzene rings is 2. The van der Waals surface area contributed by atoms with Crippen LogP contribution in [0.25, 0.3) is 11.1 Å². The summed E-state index contributed by atoms with van der Waals surface area (Å²) in [6.45, 7) is 2.95. The average molecular weight is 336 g/mol. The molecule has 25 heavy (non-hydrogen) atoms. The Hall–Kier alpha value is -2.95. The molecule has 5 heteroatoms. The van der Waals surface area contributed by atoms with Crippen molar-refractivity contribution in [2.45, 2.75) is 13.3 Å². The highest BCUT2D eigenvalue weighted by Gasteiger charge is 2.22. The molecule has 0 spiro atoms. The van der Waals surface area contributed by atoms with E-state index in [1.807, 2.05) is 43.3 Å². The van der Waals surface area contributed by atoms with E-state index >= 15 is 0 Å². The van der Waals surface area contributed by atoms with E-state index in [-0.39, 0.29) is 24.1 Å². The van der Waals surface area contributed by atoms with Crippen molar-refractivity contribution in [3.63, 3.8) is 0 Å². The Bertz CT molecular complexity index is 812. The zero-order chi connectivity index (χ0) is 17.8. The number of hydrogen-bond acceptors (Lipinski definition) is 3. The van der Waals surface area contributed by atoms with E-state index in [1.54, 1.807) is 17.0 Å². The molecule has 0 unspecified atom stereocenters. The molecule has 1 N–H and O–H groups in total. The summed E-state index contributed by atoms with van der Waals surface area (Å²) in [6.07, 6.45) is 0.473. The van der Waals surface area contributed by atoms with Crippen molar-refractivity contribution in [1.82, 2.24) is 10.2 Å². The van der Waals surface area contributed by atoms with Crippen molar-refractivity contribution in [2.75, 3.05) is 19.6 Å². The van der Waals surface area contributed by atoms with E-state index in [4.69, 9.17) is 0 Å². The maximum absolute atomic E-state index is 12.5. The van der Waals surface area contributed by atoms with Gasteiger partial charge in [0.25, 0.3) is 5.91 Å². The molecule has 0 radical (unpaired) electrons. The highest BCUT2D eigenvalue weighted by atomic mass is 16.2. The lowest BCUT2D eigenvalue weighted by Gasteiger charge is -2.26. The van der Waals surface area contributed by atoms with Crippen molar-refractivity contribution in [3.8, 4) is 11.1 Å². The maximum atomic E-state index is 12.5. The predicted octanol–water partition coefficient (Wildman–Crippen LogP) is 2.52. The first-order chi connectivity index (χ1) is 12.1. The van der Waals surface area contributed by atoms with Gasteiger partial charge in [0.05, 0.1) is 6.54 Å². The summed E-state index contributed by atoms with van der Waals surface area (Å²) in [7, 11) is 0. The molecule has 1 aliphatic rings. The van der Waals surface area contributed by atoms with Crippen LogP contribution in [0.1, 0.15) is 34.1 Å². The van der Waals surface area contributed by atoms with Gasteiger partial charge in [-0.25, -0.2) is 0 Å². The number of Topliss-reactive ketones (excluding diaryl/α,β-unsaturated/α-hetero) is 1. The third kappa shape index (κ3) is 3.76. The lowest BCUT2D eigenvalue weighted by atomic mass is 9.99. The SMILES string of the molecule is CCC(=O)c1cccc(-c2ccc(C(=O)N3CCNC(=O)C3)cc2)c1. The molecule has 1 saturated heterocycles. The van der Waals surface area contributed by atoms with E-state index in [2.05, 4.69) is 5.32 Å². The normalized spacial score (nSPS) is 14.1. The number of hydrogen-bond donors (Lipinski definition) is 1. The van der Waals surface area contributed by atoms with Gasteiger partial charge in [-0.2, -0.15) is 0 Å². The number of nitrogens with zero attached hydrogens (tertiary/aromatic N) is 1. The quantitative estimate of drug-likeness (QED) is 0.873. The van der Waals surface area contributed by atoms with Gasteiger partial charge in [0, 0.05) is 30.6 Å². The van der Waals surface area contributed by atoms with Gasteiger partial charge >= 0.3 is 0 Å². The van der Waals surface area contributed by atoms with Gasteiger partial charge in [0.2, 0.25) is 5.91 Å². The molecule has 0 saturated carbocycles. The van der Waals surface area contributed by atoms with Gasteiger partial charge in [-0.15, -0.1) is 0 Å². The third-order valence-corrected chi connectivity index (χ3v) is 4.30. The number of carbonyl (C=O) groups excluding carboxylic acids is 3. The summed E-state index contributed by atoms with van der Waals surface area (Å²) in [6, 6.07) is 14.8. The van der Waals surface area contributed by atoms with Gasteiger partial charge in [-0.3, -0.25) is 14.4 Å². The van der Waals surface area contributed by atoms with Crippen LogP contribution in [0.2, 0.25) is 0 Å². The Morgan fingerprint density at radius 2 is 1.80 bits per heavy atom. The topological polar surface area (TPSA) is 66.5 Å². The number of amides is 2. The van der Waals surface area contributed by atoms with Crippen LogP contribution in [0.15, 0.2) is 48.5 Å². The predicted molar refractivity (Wildman–Crippen MR) is 95.4 cm³/mol. The average Bonchev–Trinajstić information content (AvgIpc) is 2.67. The Morgan fingerprint density at radius 1 is 1.04 bits per heavy atom. The number of ketones is 1. The van der Waals surface area contributed by atoms with Crippen LogP contribution in [0.5, 0.6) is 0 Å².